The number of carbonyl (C=O) groups is 2. The molecule has 0 aromatic carbocycles. The molecule has 0 spiro atoms. The zero-order valence-corrected chi connectivity index (χ0v) is 15.3. The van der Waals surface area contributed by atoms with Gasteiger partial charge in [-0.3, -0.25) is 4.98 Å². The molecule has 27 heavy (non-hydrogen) atoms. The zero-order chi connectivity index (χ0) is 19.5. The number of aliphatic carboxylic acids is 2. The van der Waals surface area contributed by atoms with Crippen molar-refractivity contribution >= 4 is 17.6 Å². The third-order valence-corrected chi connectivity index (χ3v) is 4.48. The second-order valence-electron chi connectivity index (χ2n) is 6.59. The number of hydrogen-bond donors (Lipinski definition) is 3. The van der Waals surface area contributed by atoms with E-state index in [4.69, 9.17) is 14.9 Å². The smallest absolute Gasteiger partial charge is 0.328 e. The second-order valence-corrected chi connectivity index (χ2v) is 6.59. The average Bonchev–Trinajstić information content (AvgIpc) is 2.89. The van der Waals surface area contributed by atoms with E-state index in [0.29, 0.717) is 12.2 Å². The molecule has 3 rings (SSSR count). The Balaban J connectivity index is 0.000000279. The molecule has 0 radical (unpaired) electrons. The summed E-state index contributed by atoms with van der Waals surface area (Å²) in [7, 11) is 0. The van der Waals surface area contributed by atoms with Crippen LogP contribution in [0.15, 0.2) is 30.6 Å². The van der Waals surface area contributed by atoms with Crippen LogP contribution in [0.3, 0.4) is 0 Å². The Kier molecular flexibility index (Phi) is 8.57. The van der Waals surface area contributed by atoms with Gasteiger partial charge in [0.15, 0.2) is 0 Å². The molecule has 1 saturated heterocycles. The highest BCUT2D eigenvalue weighted by Crippen LogP contribution is 2.27. The minimum absolute atomic E-state index is 0.558. The highest BCUT2D eigenvalue weighted by Gasteiger charge is 2.18. The van der Waals surface area contributed by atoms with Gasteiger partial charge in [0.05, 0.1) is 24.7 Å². The van der Waals surface area contributed by atoms with Crippen LogP contribution in [0.4, 0.5) is 5.69 Å². The molecule has 2 fully saturated rings. The maximum absolute atomic E-state index is 9.55. The van der Waals surface area contributed by atoms with Crippen LogP contribution in [0.5, 0.6) is 5.75 Å². The Morgan fingerprint density at radius 1 is 1.15 bits per heavy atom. The number of nitrogens with one attached hydrogen (secondary N) is 1. The van der Waals surface area contributed by atoms with Gasteiger partial charge in [-0.05, 0) is 31.7 Å². The highest BCUT2D eigenvalue weighted by molar-refractivity contribution is 5.89. The summed E-state index contributed by atoms with van der Waals surface area (Å²) in [5, 5.41) is 19.0. The predicted octanol–water partition coefficient (Wildman–Crippen LogP) is 1.77. The number of anilines is 1. The van der Waals surface area contributed by atoms with Crippen molar-refractivity contribution in [2.45, 2.75) is 25.7 Å². The first-order valence-electron chi connectivity index (χ1n) is 9.22. The molecule has 0 atom stereocenters. The highest BCUT2D eigenvalue weighted by atomic mass is 16.5. The Bertz CT molecular complexity index is 622. The average molecular weight is 377 g/mol. The monoisotopic (exact) mass is 377 g/mol. The fourth-order valence-electron chi connectivity index (χ4n) is 2.78. The van der Waals surface area contributed by atoms with E-state index in [2.05, 4.69) is 21.3 Å². The van der Waals surface area contributed by atoms with Crippen molar-refractivity contribution in [1.29, 1.82) is 0 Å². The van der Waals surface area contributed by atoms with Crippen LogP contribution in [0.1, 0.15) is 25.7 Å². The summed E-state index contributed by atoms with van der Waals surface area (Å²) in [6.45, 7) is 5.16. The minimum atomic E-state index is -1.26. The lowest BCUT2D eigenvalue weighted by Crippen LogP contribution is -2.28. The van der Waals surface area contributed by atoms with Gasteiger partial charge in [0.1, 0.15) is 5.75 Å². The van der Waals surface area contributed by atoms with Gasteiger partial charge < -0.3 is 25.2 Å². The van der Waals surface area contributed by atoms with Crippen molar-refractivity contribution < 1.29 is 24.5 Å². The summed E-state index contributed by atoms with van der Waals surface area (Å²) in [4.78, 5) is 25.8. The van der Waals surface area contributed by atoms with Gasteiger partial charge in [0.2, 0.25) is 0 Å². The van der Waals surface area contributed by atoms with E-state index in [1.807, 2.05) is 12.4 Å². The van der Waals surface area contributed by atoms with E-state index in [1.165, 1.54) is 31.4 Å². The molecule has 1 aromatic rings. The number of aromatic nitrogens is 1. The van der Waals surface area contributed by atoms with Gasteiger partial charge in [-0.25, -0.2) is 9.59 Å². The van der Waals surface area contributed by atoms with Gasteiger partial charge in [0, 0.05) is 37.9 Å². The van der Waals surface area contributed by atoms with Crippen LogP contribution < -0.4 is 15.0 Å². The van der Waals surface area contributed by atoms with Gasteiger partial charge in [-0.1, -0.05) is 6.42 Å². The molecular formula is C19H27N3O5. The van der Waals surface area contributed by atoms with E-state index < -0.39 is 11.9 Å². The normalized spacial score (nSPS) is 17.4. The number of carboxylic acids is 2. The number of hydrogen-bond acceptors (Lipinski definition) is 6. The Morgan fingerprint density at radius 3 is 2.52 bits per heavy atom. The Labute approximate surface area is 158 Å². The first-order chi connectivity index (χ1) is 13.0. The van der Waals surface area contributed by atoms with Gasteiger partial charge in [0.25, 0.3) is 0 Å². The zero-order valence-electron chi connectivity index (χ0n) is 15.3. The molecule has 1 saturated carbocycles. The van der Waals surface area contributed by atoms with Crippen molar-refractivity contribution in [3.8, 4) is 5.75 Å². The molecule has 8 heteroatoms. The third-order valence-electron chi connectivity index (χ3n) is 4.48. The molecule has 0 amide bonds. The Morgan fingerprint density at radius 2 is 1.89 bits per heavy atom. The summed E-state index contributed by atoms with van der Waals surface area (Å²) in [5.74, 6) is -0.826. The predicted molar refractivity (Wildman–Crippen MR) is 101 cm³/mol. The van der Waals surface area contributed by atoms with Crippen LogP contribution >= 0.6 is 0 Å². The maximum atomic E-state index is 9.55. The number of ether oxygens (including phenoxy) is 1. The summed E-state index contributed by atoms with van der Waals surface area (Å²) >= 11 is 0. The first-order valence-corrected chi connectivity index (χ1v) is 9.22. The molecule has 0 unspecified atom stereocenters. The SMILES string of the molecule is O=C(O)/C=C/C(=O)O.c1ncc(N2CCCNCC2)cc1OCC1CCC1. The minimum Gasteiger partial charge on any atom is -0.492 e. The molecule has 2 heterocycles. The van der Waals surface area contributed by atoms with E-state index in [1.54, 1.807) is 0 Å². The summed E-state index contributed by atoms with van der Waals surface area (Å²) < 4.78 is 5.87. The second kappa shape index (κ2) is 11.2. The molecule has 3 N–H and O–H groups in total. The van der Waals surface area contributed by atoms with Crippen molar-refractivity contribution in [3.05, 3.63) is 30.6 Å². The molecule has 1 aliphatic heterocycles. The Hall–Kier alpha value is -2.61. The van der Waals surface area contributed by atoms with Crippen LogP contribution in [0.2, 0.25) is 0 Å². The quantitative estimate of drug-likeness (QED) is 0.643. The lowest BCUT2D eigenvalue weighted by atomic mass is 9.86. The molecule has 1 aliphatic carbocycles. The van der Waals surface area contributed by atoms with Crippen LogP contribution in [-0.4, -0.2) is 59.9 Å². The molecule has 2 aliphatic rings. The molecule has 8 nitrogen and oxygen atoms in total. The molecule has 0 bridgehead atoms. The number of pyridine rings is 1. The first kappa shape index (κ1) is 20.7. The summed E-state index contributed by atoms with van der Waals surface area (Å²) in [6, 6.07) is 2.14. The number of carboxylic acid groups (broad SMARTS) is 2. The van der Waals surface area contributed by atoms with Gasteiger partial charge in [-0.2, -0.15) is 0 Å². The van der Waals surface area contributed by atoms with Crippen molar-refractivity contribution in [3.63, 3.8) is 0 Å². The topological polar surface area (TPSA) is 112 Å². The van der Waals surface area contributed by atoms with E-state index in [0.717, 1.165) is 44.5 Å². The maximum Gasteiger partial charge on any atom is 0.328 e. The summed E-state index contributed by atoms with van der Waals surface area (Å²) in [5.41, 5.74) is 1.19. The molecule has 1 aromatic heterocycles. The van der Waals surface area contributed by atoms with Crippen LogP contribution in [-0.2, 0) is 9.59 Å². The van der Waals surface area contributed by atoms with E-state index >= 15 is 0 Å². The van der Waals surface area contributed by atoms with Gasteiger partial charge >= 0.3 is 11.9 Å². The summed E-state index contributed by atoms with van der Waals surface area (Å²) in [6.07, 6.45) is 10.1. The molecular weight excluding hydrogens is 350 g/mol. The fourth-order valence-corrected chi connectivity index (χ4v) is 2.78. The largest absolute Gasteiger partial charge is 0.492 e. The lowest BCUT2D eigenvalue weighted by molar-refractivity contribution is -0.134. The lowest BCUT2D eigenvalue weighted by Gasteiger charge is -2.26. The van der Waals surface area contributed by atoms with Crippen molar-refractivity contribution in [1.82, 2.24) is 10.3 Å². The number of rotatable bonds is 6. The fraction of sp³-hybridized carbons (Fsp3) is 0.526. The van der Waals surface area contributed by atoms with Crippen LogP contribution in [0, 0.1) is 5.92 Å². The van der Waals surface area contributed by atoms with Crippen LogP contribution in [0.25, 0.3) is 0 Å². The van der Waals surface area contributed by atoms with Crippen molar-refractivity contribution in [2.24, 2.45) is 5.92 Å². The van der Waals surface area contributed by atoms with Gasteiger partial charge in [-0.15, -0.1) is 0 Å². The van der Waals surface area contributed by atoms with Crippen molar-refractivity contribution in [2.75, 3.05) is 37.7 Å². The molecule has 148 valence electrons. The standard InChI is InChI=1S/C15H23N3O.C4H4O4/c1-3-13(4-1)12-19-15-9-14(10-17-11-15)18-7-2-5-16-6-8-18;5-3(6)1-2-4(7)8/h9-11,13,16H,1-8,12H2;1-2H,(H,5,6)(H,7,8)/b;2-1+. The van der Waals surface area contributed by atoms with E-state index in [-0.39, 0.29) is 0 Å². The van der Waals surface area contributed by atoms with E-state index in [9.17, 15) is 9.59 Å². The third kappa shape index (κ3) is 8.08. The number of nitrogens with zero attached hydrogens (tertiary/aromatic N) is 2.